The van der Waals surface area contributed by atoms with E-state index < -0.39 is 0 Å². The lowest BCUT2D eigenvalue weighted by Gasteiger charge is -2.24. The molecule has 0 aromatic carbocycles. The molecule has 1 aromatic rings. The summed E-state index contributed by atoms with van der Waals surface area (Å²) in [5.41, 5.74) is 0. The SMILES string of the molecule is c1cncc(SC2CCC2)c1. The van der Waals surface area contributed by atoms with Crippen molar-refractivity contribution in [3.8, 4) is 0 Å². The van der Waals surface area contributed by atoms with Crippen LogP contribution in [-0.2, 0) is 0 Å². The van der Waals surface area contributed by atoms with Crippen LogP contribution in [0.4, 0.5) is 0 Å². The predicted octanol–water partition coefficient (Wildman–Crippen LogP) is 2.73. The summed E-state index contributed by atoms with van der Waals surface area (Å²) in [4.78, 5) is 5.39. The van der Waals surface area contributed by atoms with Crippen LogP contribution in [0.1, 0.15) is 19.3 Å². The Morgan fingerprint density at radius 1 is 1.45 bits per heavy atom. The van der Waals surface area contributed by atoms with Crippen molar-refractivity contribution in [1.82, 2.24) is 4.98 Å². The first-order chi connectivity index (χ1) is 5.45. The minimum absolute atomic E-state index is 0.874. The molecule has 0 N–H and O–H groups in total. The first-order valence-corrected chi connectivity index (χ1v) is 4.90. The fourth-order valence-corrected chi connectivity index (χ4v) is 2.33. The molecule has 0 unspecified atom stereocenters. The highest BCUT2D eigenvalue weighted by molar-refractivity contribution is 8.00. The zero-order valence-corrected chi connectivity index (χ0v) is 7.18. The molecule has 0 atom stereocenters. The molecule has 1 heterocycles. The molecular formula is C9H11NS. The van der Waals surface area contributed by atoms with Crippen molar-refractivity contribution in [2.24, 2.45) is 0 Å². The molecular weight excluding hydrogens is 154 g/mol. The summed E-state index contributed by atoms with van der Waals surface area (Å²) in [5, 5.41) is 0.874. The lowest BCUT2D eigenvalue weighted by molar-refractivity contribution is 0.522. The zero-order chi connectivity index (χ0) is 7.52. The van der Waals surface area contributed by atoms with Gasteiger partial charge in [-0.1, -0.05) is 6.42 Å². The fraction of sp³-hybridized carbons (Fsp3) is 0.444. The Morgan fingerprint density at radius 3 is 2.91 bits per heavy atom. The summed E-state index contributed by atoms with van der Waals surface area (Å²) in [6.45, 7) is 0. The van der Waals surface area contributed by atoms with E-state index in [0.717, 1.165) is 5.25 Å². The molecule has 1 aliphatic carbocycles. The minimum atomic E-state index is 0.874. The predicted molar refractivity (Wildman–Crippen MR) is 47.7 cm³/mol. The van der Waals surface area contributed by atoms with Crippen LogP contribution in [0.25, 0.3) is 0 Å². The van der Waals surface area contributed by atoms with E-state index in [0.29, 0.717) is 0 Å². The van der Waals surface area contributed by atoms with Crippen LogP contribution in [0.2, 0.25) is 0 Å². The largest absolute Gasteiger partial charge is 0.264 e. The van der Waals surface area contributed by atoms with E-state index in [1.165, 1.54) is 24.2 Å². The van der Waals surface area contributed by atoms with E-state index in [2.05, 4.69) is 11.1 Å². The van der Waals surface area contributed by atoms with Crippen molar-refractivity contribution in [2.75, 3.05) is 0 Å². The quantitative estimate of drug-likeness (QED) is 0.668. The highest BCUT2D eigenvalue weighted by Crippen LogP contribution is 2.35. The third-order valence-corrected chi connectivity index (χ3v) is 3.31. The molecule has 0 spiro atoms. The summed E-state index contributed by atoms with van der Waals surface area (Å²) < 4.78 is 0. The first-order valence-electron chi connectivity index (χ1n) is 4.02. The van der Waals surface area contributed by atoms with Crippen molar-refractivity contribution in [1.29, 1.82) is 0 Å². The number of hydrogen-bond donors (Lipinski definition) is 0. The van der Waals surface area contributed by atoms with Crippen molar-refractivity contribution in [2.45, 2.75) is 29.4 Å². The van der Waals surface area contributed by atoms with Gasteiger partial charge in [0.05, 0.1) is 0 Å². The summed E-state index contributed by atoms with van der Waals surface area (Å²) in [7, 11) is 0. The Labute approximate surface area is 71.2 Å². The van der Waals surface area contributed by atoms with Crippen LogP contribution in [0, 0.1) is 0 Å². The summed E-state index contributed by atoms with van der Waals surface area (Å²) in [6, 6.07) is 4.14. The number of nitrogens with zero attached hydrogens (tertiary/aromatic N) is 1. The normalized spacial score (nSPS) is 17.8. The van der Waals surface area contributed by atoms with E-state index in [1.807, 2.05) is 30.2 Å². The van der Waals surface area contributed by atoms with Gasteiger partial charge in [-0.25, -0.2) is 0 Å². The highest BCUT2D eigenvalue weighted by Gasteiger charge is 2.17. The maximum atomic E-state index is 4.08. The Morgan fingerprint density at radius 2 is 2.36 bits per heavy atom. The van der Waals surface area contributed by atoms with Crippen molar-refractivity contribution in [3.05, 3.63) is 24.5 Å². The van der Waals surface area contributed by atoms with Gasteiger partial charge in [-0.05, 0) is 25.0 Å². The van der Waals surface area contributed by atoms with Gasteiger partial charge in [0.2, 0.25) is 0 Å². The smallest absolute Gasteiger partial charge is 0.0403 e. The first kappa shape index (κ1) is 7.17. The Bertz CT molecular complexity index is 218. The number of aromatic nitrogens is 1. The number of rotatable bonds is 2. The third-order valence-electron chi connectivity index (χ3n) is 1.99. The zero-order valence-electron chi connectivity index (χ0n) is 6.36. The van der Waals surface area contributed by atoms with E-state index in [-0.39, 0.29) is 0 Å². The van der Waals surface area contributed by atoms with Gasteiger partial charge in [-0.15, -0.1) is 11.8 Å². The molecule has 58 valence electrons. The molecule has 1 aromatic heterocycles. The second-order valence-corrected chi connectivity index (χ2v) is 4.23. The lowest BCUT2D eigenvalue weighted by Crippen LogP contribution is -2.12. The molecule has 0 aliphatic heterocycles. The summed E-state index contributed by atoms with van der Waals surface area (Å²) in [5.74, 6) is 0. The van der Waals surface area contributed by atoms with Gasteiger partial charge < -0.3 is 0 Å². The number of pyridine rings is 1. The van der Waals surface area contributed by atoms with Crippen LogP contribution in [0.5, 0.6) is 0 Å². The summed E-state index contributed by atoms with van der Waals surface area (Å²) in [6.07, 6.45) is 7.96. The van der Waals surface area contributed by atoms with Gasteiger partial charge in [0.15, 0.2) is 0 Å². The summed E-state index contributed by atoms with van der Waals surface area (Å²) >= 11 is 1.97. The minimum Gasteiger partial charge on any atom is -0.264 e. The molecule has 1 nitrogen and oxygen atoms in total. The Hall–Kier alpha value is -0.500. The van der Waals surface area contributed by atoms with Gasteiger partial charge in [0, 0.05) is 22.5 Å². The molecule has 0 saturated heterocycles. The van der Waals surface area contributed by atoms with Gasteiger partial charge in [-0.3, -0.25) is 4.98 Å². The second-order valence-electron chi connectivity index (χ2n) is 2.86. The third kappa shape index (κ3) is 1.74. The fourth-order valence-electron chi connectivity index (χ4n) is 1.10. The van der Waals surface area contributed by atoms with Crippen LogP contribution >= 0.6 is 11.8 Å². The maximum absolute atomic E-state index is 4.08. The average molecular weight is 165 g/mol. The molecule has 1 saturated carbocycles. The Kier molecular flexibility index (Phi) is 2.13. The van der Waals surface area contributed by atoms with Gasteiger partial charge in [0.25, 0.3) is 0 Å². The number of hydrogen-bond acceptors (Lipinski definition) is 2. The standard InChI is InChI=1S/C9H11NS/c1-3-8(4-1)11-9-5-2-6-10-7-9/h2,5-8H,1,3-4H2. The Balaban J connectivity index is 1.95. The van der Waals surface area contributed by atoms with E-state index in [1.54, 1.807) is 0 Å². The van der Waals surface area contributed by atoms with Crippen LogP contribution in [0.15, 0.2) is 29.4 Å². The average Bonchev–Trinajstić information content (AvgIpc) is 1.99. The molecule has 2 heteroatoms. The van der Waals surface area contributed by atoms with E-state index >= 15 is 0 Å². The number of thioether (sulfide) groups is 1. The molecule has 2 rings (SSSR count). The van der Waals surface area contributed by atoms with Gasteiger partial charge in [-0.2, -0.15) is 0 Å². The molecule has 0 bridgehead atoms. The van der Waals surface area contributed by atoms with E-state index in [9.17, 15) is 0 Å². The van der Waals surface area contributed by atoms with E-state index in [4.69, 9.17) is 0 Å². The topological polar surface area (TPSA) is 12.9 Å². The van der Waals surface area contributed by atoms with Crippen molar-refractivity contribution >= 4 is 11.8 Å². The van der Waals surface area contributed by atoms with Gasteiger partial charge >= 0.3 is 0 Å². The monoisotopic (exact) mass is 165 g/mol. The second kappa shape index (κ2) is 3.26. The molecule has 11 heavy (non-hydrogen) atoms. The molecule has 1 fully saturated rings. The highest BCUT2D eigenvalue weighted by atomic mass is 32.2. The van der Waals surface area contributed by atoms with Crippen LogP contribution in [-0.4, -0.2) is 10.2 Å². The van der Waals surface area contributed by atoms with Gasteiger partial charge in [0.1, 0.15) is 0 Å². The van der Waals surface area contributed by atoms with Crippen LogP contribution < -0.4 is 0 Å². The molecule has 1 aliphatic rings. The molecule has 0 amide bonds. The van der Waals surface area contributed by atoms with Crippen LogP contribution in [0.3, 0.4) is 0 Å². The molecule has 0 radical (unpaired) electrons. The van der Waals surface area contributed by atoms with Crippen molar-refractivity contribution < 1.29 is 0 Å². The maximum Gasteiger partial charge on any atom is 0.0403 e. The lowest BCUT2D eigenvalue weighted by atomic mass is 10.0. The van der Waals surface area contributed by atoms with Crippen molar-refractivity contribution in [3.63, 3.8) is 0 Å².